The highest BCUT2D eigenvalue weighted by molar-refractivity contribution is 5.97. The van der Waals surface area contributed by atoms with E-state index >= 15 is 0 Å². The number of fused-ring (bicyclic) bond motifs is 1. The number of nitrogens with one attached hydrogen (secondary N) is 1. The Morgan fingerprint density at radius 3 is 3.00 bits per heavy atom. The van der Waals surface area contributed by atoms with Gasteiger partial charge < -0.3 is 15.8 Å². The van der Waals surface area contributed by atoms with Gasteiger partial charge in [-0.15, -0.1) is 0 Å². The number of amides is 1. The Bertz CT molecular complexity index is 487. The SMILES string of the molecule is CCOC(=O)C(N)C1CCc2ccccc2NC1=O. The molecule has 0 aliphatic carbocycles. The summed E-state index contributed by atoms with van der Waals surface area (Å²) in [5.41, 5.74) is 7.70. The van der Waals surface area contributed by atoms with Gasteiger partial charge in [0.05, 0.1) is 12.5 Å². The summed E-state index contributed by atoms with van der Waals surface area (Å²) < 4.78 is 4.88. The fourth-order valence-corrected chi connectivity index (χ4v) is 2.27. The summed E-state index contributed by atoms with van der Waals surface area (Å²) >= 11 is 0. The Morgan fingerprint density at radius 1 is 1.53 bits per heavy atom. The minimum Gasteiger partial charge on any atom is -0.465 e. The number of carbonyl (C=O) groups excluding carboxylic acids is 2. The van der Waals surface area contributed by atoms with E-state index in [0.717, 1.165) is 11.3 Å². The molecule has 0 aromatic heterocycles. The van der Waals surface area contributed by atoms with E-state index in [1.807, 2.05) is 24.3 Å². The average Bonchev–Trinajstić information content (AvgIpc) is 2.56. The van der Waals surface area contributed by atoms with Gasteiger partial charge in [-0.1, -0.05) is 18.2 Å². The fourth-order valence-electron chi connectivity index (χ4n) is 2.27. The lowest BCUT2D eigenvalue weighted by Gasteiger charge is -2.19. The third kappa shape index (κ3) is 2.93. The smallest absolute Gasteiger partial charge is 0.323 e. The first-order valence-corrected chi connectivity index (χ1v) is 6.44. The largest absolute Gasteiger partial charge is 0.465 e. The zero-order valence-corrected chi connectivity index (χ0v) is 10.9. The van der Waals surface area contributed by atoms with Crippen LogP contribution in [-0.2, 0) is 20.7 Å². The molecule has 5 nitrogen and oxygen atoms in total. The maximum atomic E-state index is 12.1. The van der Waals surface area contributed by atoms with Crippen LogP contribution in [0.2, 0.25) is 0 Å². The van der Waals surface area contributed by atoms with E-state index in [1.54, 1.807) is 6.92 Å². The summed E-state index contributed by atoms with van der Waals surface area (Å²) in [5, 5.41) is 2.82. The predicted octanol–water partition coefficient (Wildman–Crippen LogP) is 1.08. The van der Waals surface area contributed by atoms with Crippen LogP contribution in [0.1, 0.15) is 18.9 Å². The third-order valence-corrected chi connectivity index (χ3v) is 3.33. The lowest BCUT2D eigenvalue weighted by Crippen LogP contribution is -2.44. The van der Waals surface area contributed by atoms with Crippen molar-refractivity contribution in [1.82, 2.24) is 0 Å². The Hall–Kier alpha value is -1.88. The Morgan fingerprint density at radius 2 is 2.26 bits per heavy atom. The molecule has 0 bridgehead atoms. The van der Waals surface area contributed by atoms with Crippen LogP contribution in [-0.4, -0.2) is 24.5 Å². The van der Waals surface area contributed by atoms with Crippen LogP contribution in [0.25, 0.3) is 0 Å². The highest BCUT2D eigenvalue weighted by Crippen LogP contribution is 2.25. The molecule has 1 amide bonds. The van der Waals surface area contributed by atoms with Crippen molar-refractivity contribution in [3.63, 3.8) is 0 Å². The van der Waals surface area contributed by atoms with Gasteiger partial charge in [-0.2, -0.15) is 0 Å². The number of carbonyl (C=O) groups is 2. The minimum absolute atomic E-state index is 0.217. The molecule has 102 valence electrons. The molecule has 5 heteroatoms. The quantitative estimate of drug-likeness (QED) is 0.799. The van der Waals surface area contributed by atoms with Gasteiger partial charge in [0.2, 0.25) is 5.91 Å². The zero-order chi connectivity index (χ0) is 13.8. The third-order valence-electron chi connectivity index (χ3n) is 3.33. The molecule has 2 atom stereocenters. The van der Waals surface area contributed by atoms with Gasteiger partial charge in [0.1, 0.15) is 6.04 Å². The van der Waals surface area contributed by atoms with E-state index in [0.29, 0.717) is 12.8 Å². The van der Waals surface area contributed by atoms with Crippen molar-refractivity contribution in [2.75, 3.05) is 11.9 Å². The zero-order valence-electron chi connectivity index (χ0n) is 10.9. The molecule has 3 N–H and O–H groups in total. The number of hydrogen-bond acceptors (Lipinski definition) is 4. The summed E-state index contributed by atoms with van der Waals surface area (Å²) in [6.07, 6.45) is 1.26. The summed E-state index contributed by atoms with van der Waals surface area (Å²) in [7, 11) is 0. The average molecular weight is 262 g/mol. The van der Waals surface area contributed by atoms with Crippen molar-refractivity contribution in [1.29, 1.82) is 0 Å². The van der Waals surface area contributed by atoms with Crippen molar-refractivity contribution in [2.45, 2.75) is 25.8 Å². The number of esters is 1. The van der Waals surface area contributed by atoms with Crippen molar-refractivity contribution in [3.05, 3.63) is 29.8 Å². The van der Waals surface area contributed by atoms with Crippen molar-refractivity contribution < 1.29 is 14.3 Å². The van der Waals surface area contributed by atoms with Crippen LogP contribution in [0.15, 0.2) is 24.3 Å². The Kier molecular flexibility index (Phi) is 4.16. The summed E-state index contributed by atoms with van der Waals surface area (Å²) in [5.74, 6) is -1.29. The minimum atomic E-state index is -0.908. The first-order valence-electron chi connectivity index (χ1n) is 6.44. The first kappa shape index (κ1) is 13.5. The number of rotatable bonds is 3. The van der Waals surface area contributed by atoms with Gasteiger partial charge in [-0.3, -0.25) is 9.59 Å². The summed E-state index contributed by atoms with van der Waals surface area (Å²) in [6, 6.07) is 6.70. The van der Waals surface area contributed by atoms with Crippen LogP contribution in [0.4, 0.5) is 5.69 Å². The number of anilines is 1. The standard InChI is InChI=1S/C14H18N2O3/c1-2-19-14(18)12(15)10-8-7-9-5-3-4-6-11(9)16-13(10)17/h3-6,10,12H,2,7-8,15H2,1H3,(H,16,17). The van der Waals surface area contributed by atoms with Gasteiger partial charge in [-0.05, 0) is 31.4 Å². The van der Waals surface area contributed by atoms with Crippen molar-refractivity contribution in [3.8, 4) is 0 Å². The lowest BCUT2D eigenvalue weighted by molar-refractivity contribution is -0.147. The second-order valence-corrected chi connectivity index (χ2v) is 4.57. The van der Waals surface area contributed by atoms with Crippen LogP contribution < -0.4 is 11.1 Å². The topological polar surface area (TPSA) is 81.4 Å². The fraction of sp³-hybridized carbons (Fsp3) is 0.429. The van der Waals surface area contributed by atoms with E-state index in [9.17, 15) is 9.59 Å². The molecular weight excluding hydrogens is 244 g/mol. The van der Waals surface area contributed by atoms with E-state index in [4.69, 9.17) is 10.5 Å². The second kappa shape index (κ2) is 5.84. The molecule has 1 aromatic carbocycles. The molecule has 0 spiro atoms. The van der Waals surface area contributed by atoms with Gasteiger partial charge in [0.25, 0.3) is 0 Å². The molecule has 2 rings (SSSR count). The monoisotopic (exact) mass is 262 g/mol. The lowest BCUT2D eigenvalue weighted by atomic mass is 9.93. The van der Waals surface area contributed by atoms with E-state index in [-0.39, 0.29) is 12.5 Å². The first-order chi connectivity index (χ1) is 9.13. The number of hydrogen-bond donors (Lipinski definition) is 2. The van der Waals surface area contributed by atoms with Crippen LogP contribution in [0, 0.1) is 5.92 Å². The Balaban J connectivity index is 2.14. The highest BCUT2D eigenvalue weighted by atomic mass is 16.5. The maximum Gasteiger partial charge on any atom is 0.323 e. The van der Waals surface area contributed by atoms with Gasteiger partial charge in [-0.25, -0.2) is 0 Å². The summed E-state index contributed by atoms with van der Waals surface area (Å²) in [6.45, 7) is 1.98. The molecule has 0 fully saturated rings. The van der Waals surface area contributed by atoms with Crippen LogP contribution in [0.3, 0.4) is 0 Å². The molecular formula is C14H18N2O3. The molecule has 1 heterocycles. The summed E-state index contributed by atoms with van der Waals surface area (Å²) in [4.78, 5) is 23.8. The molecule has 1 aliphatic rings. The molecule has 1 aromatic rings. The molecule has 1 aliphatic heterocycles. The molecule has 2 unspecified atom stereocenters. The molecule has 0 saturated heterocycles. The number of benzene rings is 1. The Labute approximate surface area is 112 Å². The van der Waals surface area contributed by atoms with Gasteiger partial charge in [0, 0.05) is 5.69 Å². The highest BCUT2D eigenvalue weighted by Gasteiger charge is 2.33. The van der Waals surface area contributed by atoms with E-state index in [1.165, 1.54) is 0 Å². The number of para-hydroxylation sites is 1. The second-order valence-electron chi connectivity index (χ2n) is 4.57. The van der Waals surface area contributed by atoms with E-state index < -0.39 is 17.9 Å². The van der Waals surface area contributed by atoms with Crippen molar-refractivity contribution >= 4 is 17.6 Å². The van der Waals surface area contributed by atoms with Crippen molar-refractivity contribution in [2.24, 2.45) is 11.7 Å². The molecule has 0 saturated carbocycles. The maximum absolute atomic E-state index is 12.1. The normalized spacial score (nSPS) is 19.9. The van der Waals surface area contributed by atoms with E-state index in [2.05, 4.69) is 5.32 Å². The van der Waals surface area contributed by atoms with Gasteiger partial charge in [0.15, 0.2) is 0 Å². The number of aryl methyl sites for hydroxylation is 1. The van der Waals surface area contributed by atoms with Gasteiger partial charge >= 0.3 is 5.97 Å². The number of ether oxygens (including phenoxy) is 1. The van der Waals surface area contributed by atoms with Crippen LogP contribution in [0.5, 0.6) is 0 Å². The molecule has 0 radical (unpaired) electrons. The number of nitrogens with two attached hydrogens (primary N) is 1. The predicted molar refractivity (Wildman–Crippen MR) is 71.5 cm³/mol. The van der Waals surface area contributed by atoms with Crippen LogP contribution >= 0.6 is 0 Å². The molecule has 19 heavy (non-hydrogen) atoms.